The van der Waals surface area contributed by atoms with Crippen LogP contribution in [0.4, 0.5) is 0 Å². The van der Waals surface area contributed by atoms with E-state index >= 15 is 0 Å². The SMILES string of the molecule is COC(=O)c1cncc(O)c1C. The highest BCUT2D eigenvalue weighted by Gasteiger charge is 2.11. The van der Waals surface area contributed by atoms with Crippen molar-refractivity contribution >= 4 is 5.97 Å². The topological polar surface area (TPSA) is 59.4 Å². The van der Waals surface area contributed by atoms with Crippen molar-refractivity contribution in [3.63, 3.8) is 0 Å². The number of esters is 1. The van der Waals surface area contributed by atoms with Gasteiger partial charge in [0.05, 0.1) is 18.9 Å². The van der Waals surface area contributed by atoms with Gasteiger partial charge in [-0.2, -0.15) is 0 Å². The molecule has 64 valence electrons. The second-order valence-corrected chi connectivity index (χ2v) is 2.32. The maximum Gasteiger partial charge on any atom is 0.339 e. The van der Waals surface area contributed by atoms with Gasteiger partial charge in [-0.15, -0.1) is 0 Å². The van der Waals surface area contributed by atoms with E-state index in [9.17, 15) is 9.90 Å². The number of carbonyl (C=O) groups is 1. The normalized spacial score (nSPS) is 9.50. The van der Waals surface area contributed by atoms with E-state index in [1.54, 1.807) is 6.92 Å². The first-order chi connectivity index (χ1) is 5.66. The van der Waals surface area contributed by atoms with Gasteiger partial charge in [0.25, 0.3) is 0 Å². The highest BCUT2D eigenvalue weighted by molar-refractivity contribution is 5.91. The second-order valence-electron chi connectivity index (χ2n) is 2.32. The summed E-state index contributed by atoms with van der Waals surface area (Å²) in [5.41, 5.74) is 0.773. The third kappa shape index (κ3) is 1.37. The van der Waals surface area contributed by atoms with Gasteiger partial charge in [-0.1, -0.05) is 0 Å². The molecule has 0 unspecified atom stereocenters. The molecule has 0 aliphatic heterocycles. The van der Waals surface area contributed by atoms with Crippen molar-refractivity contribution in [1.29, 1.82) is 0 Å². The molecule has 0 radical (unpaired) electrons. The average Bonchev–Trinajstić information content (AvgIpc) is 2.08. The van der Waals surface area contributed by atoms with Gasteiger partial charge in [0.2, 0.25) is 0 Å². The molecule has 1 heterocycles. The van der Waals surface area contributed by atoms with Crippen molar-refractivity contribution in [2.24, 2.45) is 0 Å². The predicted octanol–water partition coefficient (Wildman–Crippen LogP) is 0.882. The van der Waals surface area contributed by atoms with Crippen LogP contribution in [0.2, 0.25) is 0 Å². The Labute approximate surface area is 69.8 Å². The molecule has 1 rings (SSSR count). The van der Waals surface area contributed by atoms with E-state index in [-0.39, 0.29) is 11.3 Å². The number of rotatable bonds is 1. The van der Waals surface area contributed by atoms with Crippen molar-refractivity contribution in [3.8, 4) is 5.75 Å². The minimum Gasteiger partial charge on any atom is -0.506 e. The van der Waals surface area contributed by atoms with Gasteiger partial charge in [0.1, 0.15) is 5.75 Å². The molecule has 0 amide bonds. The van der Waals surface area contributed by atoms with Crippen LogP contribution in [0.15, 0.2) is 12.4 Å². The Balaban J connectivity index is 3.16. The van der Waals surface area contributed by atoms with Crippen molar-refractivity contribution in [2.45, 2.75) is 6.92 Å². The third-order valence-corrected chi connectivity index (χ3v) is 1.59. The molecule has 1 N–H and O–H groups in total. The second kappa shape index (κ2) is 3.21. The Morgan fingerprint density at radius 1 is 1.58 bits per heavy atom. The number of nitrogens with zero attached hydrogens (tertiary/aromatic N) is 1. The molecule has 0 atom stereocenters. The molecule has 0 fully saturated rings. The van der Waals surface area contributed by atoms with E-state index in [1.165, 1.54) is 19.5 Å². The van der Waals surface area contributed by atoms with E-state index < -0.39 is 5.97 Å². The molecule has 0 saturated carbocycles. The summed E-state index contributed by atoms with van der Waals surface area (Å²) in [5, 5.41) is 9.17. The summed E-state index contributed by atoms with van der Waals surface area (Å²) >= 11 is 0. The van der Waals surface area contributed by atoms with Gasteiger partial charge in [0.15, 0.2) is 0 Å². The summed E-state index contributed by atoms with van der Waals surface area (Å²) in [6.07, 6.45) is 2.64. The maximum atomic E-state index is 11.0. The third-order valence-electron chi connectivity index (χ3n) is 1.59. The quantitative estimate of drug-likeness (QED) is 0.631. The number of aromatic hydroxyl groups is 1. The van der Waals surface area contributed by atoms with Gasteiger partial charge in [-0.3, -0.25) is 4.98 Å². The van der Waals surface area contributed by atoms with Crippen LogP contribution in [0, 0.1) is 6.92 Å². The van der Waals surface area contributed by atoms with E-state index in [0.717, 1.165) is 0 Å². The fourth-order valence-corrected chi connectivity index (χ4v) is 0.830. The molecular formula is C8H9NO3. The highest BCUT2D eigenvalue weighted by atomic mass is 16.5. The summed E-state index contributed by atoms with van der Waals surface area (Å²) in [6.45, 7) is 1.63. The fourth-order valence-electron chi connectivity index (χ4n) is 0.830. The number of hydrogen-bond acceptors (Lipinski definition) is 4. The number of aromatic nitrogens is 1. The number of hydrogen-bond donors (Lipinski definition) is 1. The van der Waals surface area contributed by atoms with Crippen LogP contribution in [0.5, 0.6) is 5.75 Å². The van der Waals surface area contributed by atoms with Gasteiger partial charge in [-0.05, 0) is 6.92 Å². The number of pyridine rings is 1. The minimum atomic E-state index is -0.490. The van der Waals surface area contributed by atoms with Crippen molar-refractivity contribution in [1.82, 2.24) is 4.98 Å². The lowest BCUT2D eigenvalue weighted by atomic mass is 10.1. The Bertz CT molecular complexity index is 309. The van der Waals surface area contributed by atoms with E-state index in [1.807, 2.05) is 0 Å². The minimum absolute atomic E-state index is 0.00194. The highest BCUT2D eigenvalue weighted by Crippen LogP contribution is 2.17. The van der Waals surface area contributed by atoms with Gasteiger partial charge < -0.3 is 9.84 Å². The first kappa shape index (κ1) is 8.52. The first-order valence-corrected chi connectivity index (χ1v) is 3.38. The van der Waals surface area contributed by atoms with Crippen LogP contribution in [0.3, 0.4) is 0 Å². The molecule has 1 aromatic heterocycles. The molecule has 1 aromatic rings. The zero-order chi connectivity index (χ0) is 9.14. The van der Waals surface area contributed by atoms with Crippen LogP contribution in [0.25, 0.3) is 0 Å². The zero-order valence-electron chi connectivity index (χ0n) is 6.87. The predicted molar refractivity (Wildman–Crippen MR) is 42.0 cm³/mol. The van der Waals surface area contributed by atoms with E-state index in [2.05, 4.69) is 9.72 Å². The fraction of sp³-hybridized carbons (Fsp3) is 0.250. The number of methoxy groups -OCH3 is 1. The monoisotopic (exact) mass is 167 g/mol. The molecule has 0 spiro atoms. The summed E-state index contributed by atoms with van der Waals surface area (Å²) in [4.78, 5) is 14.7. The van der Waals surface area contributed by atoms with Crippen LogP contribution in [0.1, 0.15) is 15.9 Å². The van der Waals surface area contributed by atoms with Crippen LogP contribution < -0.4 is 0 Å². The smallest absolute Gasteiger partial charge is 0.339 e. The average molecular weight is 167 g/mol. The van der Waals surface area contributed by atoms with E-state index in [4.69, 9.17) is 0 Å². The van der Waals surface area contributed by atoms with E-state index in [0.29, 0.717) is 5.56 Å². The van der Waals surface area contributed by atoms with Crippen LogP contribution in [-0.2, 0) is 4.74 Å². The molecule has 0 aliphatic carbocycles. The summed E-state index contributed by atoms with van der Waals surface area (Å²) in [6, 6.07) is 0. The standard InChI is InChI=1S/C8H9NO3/c1-5-6(8(11)12-2)3-9-4-7(5)10/h3-4,10H,1-2H3. The molecule has 0 saturated heterocycles. The molecule has 0 aromatic carbocycles. The molecule has 4 heteroatoms. The molecular weight excluding hydrogens is 158 g/mol. The Morgan fingerprint density at radius 3 is 2.83 bits per heavy atom. The van der Waals surface area contributed by atoms with Gasteiger partial charge >= 0.3 is 5.97 Å². The van der Waals surface area contributed by atoms with Crippen LogP contribution >= 0.6 is 0 Å². The number of ether oxygens (including phenoxy) is 1. The summed E-state index contributed by atoms with van der Waals surface area (Å²) in [5.74, 6) is -0.492. The lowest BCUT2D eigenvalue weighted by molar-refractivity contribution is 0.0599. The lowest BCUT2D eigenvalue weighted by Crippen LogP contribution is -2.04. The van der Waals surface area contributed by atoms with Crippen molar-refractivity contribution < 1.29 is 14.6 Å². The molecule has 4 nitrogen and oxygen atoms in total. The zero-order valence-corrected chi connectivity index (χ0v) is 6.87. The molecule has 12 heavy (non-hydrogen) atoms. The molecule has 0 aliphatic rings. The Kier molecular flexibility index (Phi) is 2.28. The largest absolute Gasteiger partial charge is 0.506 e. The van der Waals surface area contributed by atoms with Gasteiger partial charge in [0, 0.05) is 11.8 Å². The van der Waals surface area contributed by atoms with Crippen molar-refractivity contribution in [3.05, 3.63) is 23.5 Å². The molecule has 0 bridgehead atoms. The van der Waals surface area contributed by atoms with Gasteiger partial charge in [-0.25, -0.2) is 4.79 Å². The summed E-state index contributed by atoms with van der Waals surface area (Å²) < 4.78 is 4.48. The lowest BCUT2D eigenvalue weighted by Gasteiger charge is -2.03. The Hall–Kier alpha value is -1.58. The summed E-state index contributed by atoms with van der Waals surface area (Å²) in [7, 11) is 1.28. The van der Waals surface area contributed by atoms with Crippen molar-refractivity contribution in [2.75, 3.05) is 7.11 Å². The Morgan fingerprint density at radius 2 is 2.25 bits per heavy atom. The first-order valence-electron chi connectivity index (χ1n) is 3.38. The maximum absolute atomic E-state index is 11.0. The van der Waals surface area contributed by atoms with Crippen LogP contribution in [-0.4, -0.2) is 23.2 Å². The number of carbonyl (C=O) groups excluding carboxylic acids is 1.